The summed E-state index contributed by atoms with van der Waals surface area (Å²) in [6, 6.07) is 9.25. The van der Waals surface area contributed by atoms with Gasteiger partial charge in [0.05, 0.1) is 7.11 Å². The summed E-state index contributed by atoms with van der Waals surface area (Å²) in [6.07, 6.45) is 1.36. The average molecular weight is 306 g/mol. The first-order chi connectivity index (χ1) is 10.1. The molecule has 0 saturated carbocycles. The molecule has 2 aliphatic rings. The number of hydrogen-bond acceptors (Lipinski definition) is 4. The summed E-state index contributed by atoms with van der Waals surface area (Å²) in [6.45, 7) is 8.14. The van der Waals surface area contributed by atoms with E-state index in [1.54, 1.807) is 7.11 Å². The van der Waals surface area contributed by atoms with E-state index in [2.05, 4.69) is 53.6 Å². The van der Waals surface area contributed by atoms with Gasteiger partial charge in [-0.1, -0.05) is 6.07 Å². The lowest BCUT2D eigenvalue weighted by atomic mass is 9.96. The molecule has 1 atom stereocenters. The van der Waals surface area contributed by atoms with Crippen molar-refractivity contribution in [3.63, 3.8) is 0 Å². The predicted octanol–water partition coefficient (Wildman–Crippen LogP) is 3.10. The zero-order chi connectivity index (χ0) is 14.9. The Kier molecular flexibility index (Phi) is 4.36. The second-order valence-corrected chi connectivity index (χ2v) is 7.80. The number of hydrogen-bond donors (Lipinski definition) is 0. The van der Waals surface area contributed by atoms with Crippen molar-refractivity contribution in [2.45, 2.75) is 31.8 Å². The largest absolute Gasteiger partial charge is 0.497 e. The molecular formula is C17H26N2OS. The van der Waals surface area contributed by atoms with Crippen molar-refractivity contribution in [1.29, 1.82) is 0 Å². The number of nitrogens with zero attached hydrogens (tertiary/aromatic N) is 2. The van der Waals surface area contributed by atoms with Crippen LogP contribution in [-0.2, 0) is 0 Å². The standard InChI is InChI=1S/C17H26N2OS/c1-17(2)13-18(15-7-10-21-12-15)8-9-19(17)14-5-4-6-16(11-14)20-3/h4-6,11,15H,7-10,12-13H2,1-3H3. The maximum atomic E-state index is 5.38. The van der Waals surface area contributed by atoms with Crippen LogP contribution in [-0.4, -0.2) is 54.7 Å². The van der Waals surface area contributed by atoms with Crippen molar-refractivity contribution in [3.05, 3.63) is 24.3 Å². The third-order valence-electron chi connectivity index (χ3n) is 4.72. The molecule has 21 heavy (non-hydrogen) atoms. The van der Waals surface area contributed by atoms with Crippen LogP contribution >= 0.6 is 11.8 Å². The van der Waals surface area contributed by atoms with Crippen LogP contribution in [0, 0.1) is 0 Å². The van der Waals surface area contributed by atoms with Crippen LogP contribution in [0.15, 0.2) is 24.3 Å². The Hall–Kier alpha value is -0.870. The number of thioether (sulfide) groups is 1. The van der Waals surface area contributed by atoms with E-state index in [0.29, 0.717) is 0 Å². The molecule has 0 aromatic heterocycles. The number of methoxy groups -OCH3 is 1. The first kappa shape index (κ1) is 15.0. The van der Waals surface area contributed by atoms with Crippen LogP contribution in [0.2, 0.25) is 0 Å². The van der Waals surface area contributed by atoms with Crippen LogP contribution in [0.1, 0.15) is 20.3 Å². The summed E-state index contributed by atoms with van der Waals surface area (Å²) >= 11 is 2.11. The van der Waals surface area contributed by atoms with Crippen LogP contribution in [0.3, 0.4) is 0 Å². The molecule has 2 aliphatic heterocycles. The lowest BCUT2D eigenvalue weighted by molar-refractivity contribution is 0.142. The fourth-order valence-electron chi connectivity index (χ4n) is 3.57. The summed E-state index contributed by atoms with van der Waals surface area (Å²) in [5, 5.41) is 0. The Bertz CT molecular complexity index is 485. The monoisotopic (exact) mass is 306 g/mol. The maximum absolute atomic E-state index is 5.38. The molecule has 2 fully saturated rings. The average Bonchev–Trinajstić information content (AvgIpc) is 3.00. The quantitative estimate of drug-likeness (QED) is 0.852. The van der Waals surface area contributed by atoms with Crippen molar-refractivity contribution in [2.75, 3.05) is 43.1 Å². The van der Waals surface area contributed by atoms with E-state index in [1.807, 2.05) is 6.07 Å². The summed E-state index contributed by atoms with van der Waals surface area (Å²) in [7, 11) is 1.74. The Labute approximate surface area is 132 Å². The smallest absolute Gasteiger partial charge is 0.120 e. The van der Waals surface area contributed by atoms with Gasteiger partial charge in [0.2, 0.25) is 0 Å². The lowest BCUT2D eigenvalue weighted by Crippen LogP contribution is -2.61. The molecule has 0 N–H and O–H groups in total. The minimum atomic E-state index is 0.165. The summed E-state index contributed by atoms with van der Waals surface area (Å²) in [5.41, 5.74) is 1.44. The second-order valence-electron chi connectivity index (χ2n) is 6.65. The van der Waals surface area contributed by atoms with Gasteiger partial charge in [0, 0.05) is 48.7 Å². The number of rotatable bonds is 3. The van der Waals surface area contributed by atoms with Gasteiger partial charge in [0.1, 0.15) is 5.75 Å². The SMILES string of the molecule is COc1cccc(N2CCN(C3CCSC3)CC2(C)C)c1. The van der Waals surface area contributed by atoms with E-state index < -0.39 is 0 Å². The van der Waals surface area contributed by atoms with Gasteiger partial charge >= 0.3 is 0 Å². The molecule has 2 heterocycles. The third-order valence-corrected chi connectivity index (χ3v) is 5.86. The number of benzene rings is 1. The lowest BCUT2D eigenvalue weighted by Gasteiger charge is -2.50. The highest BCUT2D eigenvalue weighted by atomic mass is 32.2. The van der Waals surface area contributed by atoms with E-state index in [0.717, 1.165) is 24.9 Å². The first-order valence-corrected chi connectivity index (χ1v) is 8.99. The Morgan fingerprint density at radius 2 is 2.14 bits per heavy atom. The molecule has 3 nitrogen and oxygen atoms in total. The van der Waals surface area contributed by atoms with Gasteiger partial charge in [-0.25, -0.2) is 0 Å². The van der Waals surface area contributed by atoms with Gasteiger partial charge in [-0.05, 0) is 38.2 Å². The van der Waals surface area contributed by atoms with E-state index in [1.165, 1.54) is 30.2 Å². The first-order valence-electron chi connectivity index (χ1n) is 7.84. The summed E-state index contributed by atoms with van der Waals surface area (Å²) < 4.78 is 5.38. The molecule has 0 radical (unpaired) electrons. The van der Waals surface area contributed by atoms with Crippen molar-refractivity contribution < 1.29 is 4.74 Å². The van der Waals surface area contributed by atoms with Gasteiger partial charge in [-0.2, -0.15) is 11.8 Å². The number of ether oxygens (including phenoxy) is 1. The molecule has 0 aliphatic carbocycles. The van der Waals surface area contributed by atoms with E-state index in [4.69, 9.17) is 4.74 Å². The molecule has 1 aromatic rings. The van der Waals surface area contributed by atoms with Gasteiger partial charge < -0.3 is 9.64 Å². The molecular weight excluding hydrogens is 280 g/mol. The van der Waals surface area contributed by atoms with Crippen LogP contribution < -0.4 is 9.64 Å². The van der Waals surface area contributed by atoms with Gasteiger partial charge in [0.15, 0.2) is 0 Å². The Morgan fingerprint density at radius 1 is 1.29 bits per heavy atom. The zero-order valence-corrected chi connectivity index (χ0v) is 14.2. The molecule has 1 unspecified atom stereocenters. The van der Waals surface area contributed by atoms with Crippen molar-refractivity contribution in [2.24, 2.45) is 0 Å². The molecule has 0 spiro atoms. The minimum Gasteiger partial charge on any atom is -0.497 e. The maximum Gasteiger partial charge on any atom is 0.120 e. The molecule has 0 amide bonds. The second kappa shape index (κ2) is 6.09. The summed E-state index contributed by atoms with van der Waals surface area (Å²) in [4.78, 5) is 5.24. The number of anilines is 1. The van der Waals surface area contributed by atoms with Crippen LogP contribution in [0.5, 0.6) is 5.75 Å². The minimum absolute atomic E-state index is 0.165. The Morgan fingerprint density at radius 3 is 2.81 bits per heavy atom. The van der Waals surface area contributed by atoms with Crippen LogP contribution in [0.25, 0.3) is 0 Å². The fourth-order valence-corrected chi connectivity index (χ4v) is 4.83. The molecule has 4 heteroatoms. The molecule has 2 saturated heterocycles. The van der Waals surface area contributed by atoms with Gasteiger partial charge in [-0.3, -0.25) is 4.90 Å². The van der Waals surface area contributed by atoms with Gasteiger partial charge in [-0.15, -0.1) is 0 Å². The van der Waals surface area contributed by atoms with E-state index in [-0.39, 0.29) is 5.54 Å². The highest BCUT2D eigenvalue weighted by Gasteiger charge is 2.37. The molecule has 1 aromatic carbocycles. The van der Waals surface area contributed by atoms with Crippen molar-refractivity contribution in [1.82, 2.24) is 4.90 Å². The van der Waals surface area contributed by atoms with Crippen molar-refractivity contribution >= 4 is 17.4 Å². The predicted molar refractivity (Wildman–Crippen MR) is 91.7 cm³/mol. The topological polar surface area (TPSA) is 15.7 Å². The fraction of sp³-hybridized carbons (Fsp3) is 0.647. The van der Waals surface area contributed by atoms with Crippen molar-refractivity contribution in [3.8, 4) is 5.75 Å². The van der Waals surface area contributed by atoms with E-state index >= 15 is 0 Å². The zero-order valence-electron chi connectivity index (χ0n) is 13.3. The van der Waals surface area contributed by atoms with E-state index in [9.17, 15) is 0 Å². The highest BCUT2D eigenvalue weighted by Crippen LogP contribution is 2.33. The molecule has 116 valence electrons. The number of piperazine rings is 1. The van der Waals surface area contributed by atoms with Gasteiger partial charge in [0.25, 0.3) is 0 Å². The molecule has 0 bridgehead atoms. The third kappa shape index (κ3) is 3.16. The highest BCUT2D eigenvalue weighted by molar-refractivity contribution is 7.99. The summed E-state index contributed by atoms with van der Waals surface area (Å²) in [5.74, 6) is 3.59. The normalized spacial score (nSPS) is 26.0. The molecule has 3 rings (SSSR count). The van der Waals surface area contributed by atoms with Crippen LogP contribution in [0.4, 0.5) is 5.69 Å². The Balaban J connectivity index is 1.75.